The fraction of sp³-hybridized carbons (Fsp3) is 0.278. The molecule has 0 bridgehead atoms. The van der Waals surface area contributed by atoms with Gasteiger partial charge in [0.2, 0.25) is 0 Å². The fourth-order valence-corrected chi connectivity index (χ4v) is 3.74. The lowest BCUT2D eigenvalue weighted by Gasteiger charge is -2.15. The SMILES string of the molecule is Nc1cc(-c2ccc(-c3ccc(=O)[nH]n3)s2)c(Cl)cn1.OC1CCCOC1. The third kappa shape index (κ3) is 5.36. The Bertz CT molecular complexity index is 933. The first kappa shape index (κ1) is 19.5. The lowest BCUT2D eigenvalue weighted by Crippen LogP contribution is -2.21. The van der Waals surface area contributed by atoms with Gasteiger partial charge in [-0.3, -0.25) is 4.79 Å². The van der Waals surface area contributed by atoms with Gasteiger partial charge in [0.15, 0.2) is 0 Å². The van der Waals surface area contributed by atoms with Crippen LogP contribution in [-0.2, 0) is 4.74 Å². The molecule has 7 nitrogen and oxygen atoms in total. The topological polar surface area (TPSA) is 114 Å². The van der Waals surface area contributed by atoms with E-state index in [4.69, 9.17) is 27.2 Å². The minimum atomic E-state index is -0.226. The van der Waals surface area contributed by atoms with Crippen molar-refractivity contribution in [2.24, 2.45) is 0 Å². The van der Waals surface area contributed by atoms with Crippen LogP contribution in [0.1, 0.15) is 12.8 Å². The highest BCUT2D eigenvalue weighted by atomic mass is 35.5. The van der Waals surface area contributed by atoms with Crippen LogP contribution in [0.15, 0.2) is 41.3 Å². The molecule has 27 heavy (non-hydrogen) atoms. The molecule has 1 aliphatic rings. The Kier molecular flexibility index (Phi) is 6.57. The van der Waals surface area contributed by atoms with E-state index in [0.717, 1.165) is 34.8 Å². The van der Waals surface area contributed by atoms with Crippen molar-refractivity contribution in [2.75, 3.05) is 18.9 Å². The average molecular weight is 407 g/mol. The number of ether oxygens (including phenoxy) is 1. The molecule has 4 N–H and O–H groups in total. The summed E-state index contributed by atoms with van der Waals surface area (Å²) in [5.41, 5.74) is 7.00. The van der Waals surface area contributed by atoms with Crippen molar-refractivity contribution in [2.45, 2.75) is 18.9 Å². The Labute approximate surface area is 164 Å². The molecule has 1 aliphatic heterocycles. The van der Waals surface area contributed by atoms with Crippen molar-refractivity contribution in [1.29, 1.82) is 0 Å². The molecule has 0 spiro atoms. The van der Waals surface area contributed by atoms with Crippen LogP contribution < -0.4 is 11.3 Å². The maximum absolute atomic E-state index is 11.0. The third-order valence-electron chi connectivity index (χ3n) is 3.82. The maximum Gasteiger partial charge on any atom is 0.264 e. The van der Waals surface area contributed by atoms with Gasteiger partial charge in [0, 0.05) is 29.3 Å². The number of halogens is 1. The van der Waals surface area contributed by atoms with Crippen molar-refractivity contribution in [3.8, 4) is 21.0 Å². The predicted octanol–water partition coefficient (Wildman–Crippen LogP) is 2.95. The first-order valence-corrected chi connectivity index (χ1v) is 9.55. The zero-order chi connectivity index (χ0) is 19.2. The van der Waals surface area contributed by atoms with Gasteiger partial charge >= 0.3 is 0 Å². The summed E-state index contributed by atoms with van der Waals surface area (Å²) in [7, 11) is 0. The summed E-state index contributed by atoms with van der Waals surface area (Å²) < 4.78 is 4.93. The minimum Gasteiger partial charge on any atom is -0.391 e. The second-order valence-electron chi connectivity index (χ2n) is 5.93. The van der Waals surface area contributed by atoms with Crippen molar-refractivity contribution < 1.29 is 9.84 Å². The minimum absolute atomic E-state index is 0.186. The molecule has 1 saturated heterocycles. The highest BCUT2D eigenvalue weighted by Crippen LogP contribution is 2.37. The van der Waals surface area contributed by atoms with Crippen LogP contribution >= 0.6 is 22.9 Å². The van der Waals surface area contributed by atoms with Crippen LogP contribution in [0.3, 0.4) is 0 Å². The highest BCUT2D eigenvalue weighted by molar-refractivity contribution is 7.18. The van der Waals surface area contributed by atoms with E-state index in [1.807, 2.05) is 12.1 Å². The number of rotatable bonds is 2. The molecule has 0 aliphatic carbocycles. The molecule has 0 saturated carbocycles. The van der Waals surface area contributed by atoms with Gasteiger partial charge < -0.3 is 15.6 Å². The number of nitrogens with one attached hydrogen (secondary N) is 1. The number of nitrogens with two attached hydrogens (primary N) is 1. The van der Waals surface area contributed by atoms with Gasteiger partial charge in [0.05, 0.1) is 22.6 Å². The average Bonchev–Trinajstić information content (AvgIpc) is 3.15. The summed E-state index contributed by atoms with van der Waals surface area (Å²) in [6, 6.07) is 8.72. The maximum atomic E-state index is 11.0. The number of nitrogens with zero attached hydrogens (tertiary/aromatic N) is 2. The zero-order valence-corrected chi connectivity index (χ0v) is 16.0. The molecule has 0 radical (unpaired) electrons. The van der Waals surface area contributed by atoms with E-state index in [-0.39, 0.29) is 11.7 Å². The summed E-state index contributed by atoms with van der Waals surface area (Å²) in [6.07, 6.45) is 3.28. The Balaban J connectivity index is 0.000000253. The van der Waals surface area contributed by atoms with Crippen LogP contribution in [-0.4, -0.2) is 39.6 Å². The van der Waals surface area contributed by atoms with E-state index in [0.29, 0.717) is 23.1 Å². The first-order chi connectivity index (χ1) is 13.0. The molecular formula is C18H19ClN4O3S. The number of aromatic amines is 1. The number of hydrogen-bond donors (Lipinski definition) is 3. The van der Waals surface area contributed by atoms with E-state index >= 15 is 0 Å². The summed E-state index contributed by atoms with van der Waals surface area (Å²) in [6.45, 7) is 1.37. The predicted molar refractivity (Wildman–Crippen MR) is 107 cm³/mol. The molecule has 142 valence electrons. The van der Waals surface area contributed by atoms with Crippen molar-refractivity contribution >= 4 is 28.8 Å². The highest BCUT2D eigenvalue weighted by Gasteiger charge is 2.10. The number of H-pyrrole nitrogens is 1. The van der Waals surface area contributed by atoms with Gasteiger partial charge in [-0.1, -0.05) is 11.6 Å². The molecule has 4 rings (SSSR count). The van der Waals surface area contributed by atoms with Gasteiger partial charge in [0.1, 0.15) is 11.5 Å². The number of thiophene rings is 1. The summed E-state index contributed by atoms with van der Waals surface area (Å²) in [5.74, 6) is 0.418. The van der Waals surface area contributed by atoms with E-state index in [1.165, 1.54) is 23.6 Å². The molecule has 1 fully saturated rings. The van der Waals surface area contributed by atoms with Crippen LogP contribution in [0.5, 0.6) is 0 Å². The zero-order valence-electron chi connectivity index (χ0n) is 14.4. The molecular weight excluding hydrogens is 388 g/mol. The Hall–Kier alpha value is -2.26. The van der Waals surface area contributed by atoms with Crippen LogP contribution in [0.4, 0.5) is 5.82 Å². The molecule has 1 atom stereocenters. The standard InChI is InChI=1S/C13H9ClN4OS.C5H10O2/c14-8-6-16-12(15)5-7(8)10-2-3-11(20-10)9-1-4-13(19)18-17-9;6-5-2-1-3-7-4-5/h1-6H,(H2,15,16)(H,18,19);5-6H,1-4H2. The van der Waals surface area contributed by atoms with E-state index in [9.17, 15) is 4.79 Å². The third-order valence-corrected chi connectivity index (χ3v) is 5.26. The van der Waals surface area contributed by atoms with Crippen molar-refractivity contribution in [3.05, 3.63) is 51.9 Å². The second kappa shape index (κ2) is 9.09. The number of aliphatic hydroxyl groups excluding tert-OH is 1. The number of pyridine rings is 1. The molecule has 3 aromatic rings. The van der Waals surface area contributed by atoms with Gasteiger partial charge in [-0.2, -0.15) is 5.10 Å². The lowest BCUT2D eigenvalue weighted by atomic mass is 10.2. The quantitative estimate of drug-likeness (QED) is 0.602. The monoisotopic (exact) mass is 406 g/mol. The first-order valence-electron chi connectivity index (χ1n) is 8.36. The van der Waals surface area contributed by atoms with Crippen LogP contribution in [0.2, 0.25) is 5.02 Å². The molecule has 3 aromatic heterocycles. The molecule has 4 heterocycles. The van der Waals surface area contributed by atoms with Gasteiger partial charge in [-0.15, -0.1) is 11.3 Å². The Morgan fingerprint density at radius 2 is 2.11 bits per heavy atom. The van der Waals surface area contributed by atoms with Crippen molar-refractivity contribution in [3.63, 3.8) is 0 Å². The number of aliphatic hydroxyl groups is 1. The largest absolute Gasteiger partial charge is 0.391 e. The fourth-order valence-electron chi connectivity index (χ4n) is 2.47. The molecule has 0 amide bonds. The number of nitrogen functional groups attached to an aromatic ring is 1. The van der Waals surface area contributed by atoms with Gasteiger partial charge in [-0.25, -0.2) is 10.1 Å². The normalized spacial score (nSPS) is 16.4. The number of anilines is 1. The smallest absolute Gasteiger partial charge is 0.264 e. The number of hydrogen-bond acceptors (Lipinski definition) is 7. The summed E-state index contributed by atoms with van der Waals surface area (Å²) in [4.78, 5) is 16.8. The Morgan fingerprint density at radius 3 is 2.74 bits per heavy atom. The molecule has 1 unspecified atom stereocenters. The van der Waals surface area contributed by atoms with E-state index in [1.54, 1.807) is 12.1 Å². The lowest BCUT2D eigenvalue weighted by molar-refractivity contribution is -0.00535. The molecule has 0 aromatic carbocycles. The van der Waals surface area contributed by atoms with Crippen LogP contribution in [0, 0.1) is 0 Å². The van der Waals surface area contributed by atoms with Crippen molar-refractivity contribution in [1.82, 2.24) is 15.2 Å². The van der Waals surface area contributed by atoms with Crippen LogP contribution in [0.25, 0.3) is 21.0 Å². The van der Waals surface area contributed by atoms with E-state index in [2.05, 4.69) is 15.2 Å². The summed E-state index contributed by atoms with van der Waals surface area (Å²) in [5, 5.41) is 15.7. The Morgan fingerprint density at radius 1 is 1.30 bits per heavy atom. The molecule has 9 heteroatoms. The van der Waals surface area contributed by atoms with Gasteiger partial charge in [0.25, 0.3) is 5.56 Å². The second-order valence-corrected chi connectivity index (χ2v) is 7.42. The van der Waals surface area contributed by atoms with E-state index < -0.39 is 0 Å². The number of aromatic nitrogens is 3. The van der Waals surface area contributed by atoms with Gasteiger partial charge in [-0.05, 0) is 37.1 Å². The summed E-state index contributed by atoms with van der Waals surface area (Å²) >= 11 is 7.65.